The lowest BCUT2D eigenvalue weighted by molar-refractivity contribution is -0.147. The summed E-state index contributed by atoms with van der Waals surface area (Å²) in [6, 6.07) is 0. The van der Waals surface area contributed by atoms with Gasteiger partial charge in [-0.25, -0.2) is 4.79 Å². The second-order valence-electron chi connectivity index (χ2n) is 11.6. The number of cyclic esters (lactones) is 1. The summed E-state index contributed by atoms with van der Waals surface area (Å²) in [5, 5.41) is 0. The Kier molecular flexibility index (Phi) is 4.49. The van der Waals surface area contributed by atoms with Crippen molar-refractivity contribution in [1.29, 1.82) is 0 Å². The average Bonchev–Trinajstić information content (AvgIpc) is 3.39. The normalized spacial score (nSPS) is 48.5. The van der Waals surface area contributed by atoms with Crippen LogP contribution in [0.1, 0.15) is 60.3 Å². The number of carbonyl (C=O) groups excluding carboxylic acids is 2. The summed E-state index contributed by atoms with van der Waals surface area (Å²) in [6.45, 7) is 10.9. The van der Waals surface area contributed by atoms with Crippen LogP contribution in [0.2, 0.25) is 0 Å². The van der Waals surface area contributed by atoms with Gasteiger partial charge in [0.2, 0.25) is 0 Å². The zero-order valence-electron chi connectivity index (χ0n) is 18.4. The minimum atomic E-state index is -0.642. The van der Waals surface area contributed by atoms with Gasteiger partial charge in [0.05, 0.1) is 12.5 Å². The summed E-state index contributed by atoms with van der Waals surface area (Å²) in [7, 11) is 0. The SMILES string of the molecule is CC1C(C)C2CC1C1C3CC(C(OC(=O)OC(C)(C)C)C4CCOC4=O)C(C3)C21. The Morgan fingerprint density at radius 3 is 2.34 bits per heavy atom. The summed E-state index contributed by atoms with van der Waals surface area (Å²) < 4.78 is 16.7. The number of esters is 1. The van der Waals surface area contributed by atoms with Gasteiger partial charge in [-0.15, -0.1) is 0 Å². The molecule has 1 heterocycles. The van der Waals surface area contributed by atoms with Crippen LogP contribution >= 0.6 is 0 Å². The van der Waals surface area contributed by atoms with Gasteiger partial charge in [0.1, 0.15) is 11.7 Å². The molecule has 5 fully saturated rings. The molecule has 5 aliphatic rings. The molecule has 1 saturated heterocycles. The molecule has 29 heavy (non-hydrogen) atoms. The lowest BCUT2D eigenvalue weighted by Crippen LogP contribution is -2.46. The van der Waals surface area contributed by atoms with Gasteiger partial charge in [0.15, 0.2) is 0 Å². The van der Waals surface area contributed by atoms with Gasteiger partial charge in [-0.2, -0.15) is 0 Å². The molecule has 4 saturated carbocycles. The number of carbonyl (C=O) groups is 2. The van der Waals surface area contributed by atoms with Gasteiger partial charge < -0.3 is 14.2 Å². The number of hydrogen-bond donors (Lipinski definition) is 0. The maximum atomic E-state index is 12.5. The molecule has 4 aliphatic carbocycles. The van der Waals surface area contributed by atoms with Crippen LogP contribution in [0.3, 0.4) is 0 Å². The third-order valence-electron chi connectivity index (χ3n) is 9.31. The highest BCUT2D eigenvalue weighted by molar-refractivity contribution is 5.75. The van der Waals surface area contributed by atoms with Crippen molar-refractivity contribution in [3.8, 4) is 0 Å². The highest BCUT2D eigenvalue weighted by Crippen LogP contribution is 2.72. The van der Waals surface area contributed by atoms with E-state index < -0.39 is 17.9 Å². The summed E-state index contributed by atoms with van der Waals surface area (Å²) in [6.07, 6.45) is 3.34. The van der Waals surface area contributed by atoms with E-state index in [-0.39, 0.29) is 17.8 Å². The molecule has 0 radical (unpaired) electrons. The largest absolute Gasteiger partial charge is 0.509 e. The van der Waals surface area contributed by atoms with Crippen molar-refractivity contribution in [2.75, 3.05) is 6.61 Å². The Morgan fingerprint density at radius 1 is 1.03 bits per heavy atom. The molecule has 5 nitrogen and oxygen atoms in total. The summed E-state index contributed by atoms with van der Waals surface area (Å²) in [5.74, 6) is 6.02. The molecule has 0 spiro atoms. The first kappa shape index (κ1) is 19.7. The average molecular weight is 405 g/mol. The molecule has 0 aromatic carbocycles. The van der Waals surface area contributed by atoms with Gasteiger partial charge in [-0.1, -0.05) is 13.8 Å². The monoisotopic (exact) mass is 404 g/mol. The molecule has 11 unspecified atom stereocenters. The van der Waals surface area contributed by atoms with Crippen molar-refractivity contribution in [1.82, 2.24) is 0 Å². The Morgan fingerprint density at radius 2 is 1.72 bits per heavy atom. The first-order valence-electron chi connectivity index (χ1n) is 11.7. The summed E-state index contributed by atoms with van der Waals surface area (Å²) in [5.41, 5.74) is -0.603. The smallest absolute Gasteiger partial charge is 0.465 e. The first-order valence-corrected chi connectivity index (χ1v) is 11.7. The van der Waals surface area contributed by atoms with E-state index in [0.717, 1.165) is 47.8 Å². The standard InChI is InChI=1S/C24H36O5/c1-11-12(2)16-10-15(11)19-13-8-17(20(16)19)18(9-13)21(14-6-7-27-22(14)25)28-23(26)29-24(3,4)5/h11-21H,6-10H2,1-5H3. The maximum Gasteiger partial charge on any atom is 0.509 e. The van der Waals surface area contributed by atoms with E-state index in [2.05, 4.69) is 13.8 Å². The molecule has 162 valence electrons. The van der Waals surface area contributed by atoms with E-state index in [1.54, 1.807) is 0 Å². The highest BCUT2D eigenvalue weighted by atomic mass is 16.7. The number of ether oxygens (including phenoxy) is 3. The molecule has 1 aliphatic heterocycles. The van der Waals surface area contributed by atoms with Crippen molar-refractivity contribution >= 4 is 12.1 Å². The third kappa shape index (κ3) is 3.01. The van der Waals surface area contributed by atoms with Gasteiger partial charge in [-0.05, 0) is 93.8 Å². The van der Waals surface area contributed by atoms with Crippen molar-refractivity contribution in [3.05, 3.63) is 0 Å². The second-order valence-corrected chi connectivity index (χ2v) is 11.6. The van der Waals surface area contributed by atoms with E-state index >= 15 is 0 Å². The molecule has 5 heteroatoms. The van der Waals surface area contributed by atoms with Gasteiger partial charge >= 0.3 is 12.1 Å². The van der Waals surface area contributed by atoms with E-state index in [1.165, 1.54) is 12.8 Å². The third-order valence-corrected chi connectivity index (χ3v) is 9.31. The Labute approximate surface area is 174 Å². The van der Waals surface area contributed by atoms with Crippen molar-refractivity contribution in [2.45, 2.75) is 72.0 Å². The quantitative estimate of drug-likeness (QED) is 0.505. The van der Waals surface area contributed by atoms with E-state index in [1.807, 2.05) is 20.8 Å². The van der Waals surface area contributed by atoms with Crippen LogP contribution < -0.4 is 0 Å². The zero-order chi connectivity index (χ0) is 20.7. The van der Waals surface area contributed by atoms with E-state index in [4.69, 9.17) is 14.2 Å². The van der Waals surface area contributed by atoms with Crippen molar-refractivity contribution in [2.24, 2.45) is 59.2 Å². The van der Waals surface area contributed by atoms with Crippen LogP contribution in [0.25, 0.3) is 0 Å². The van der Waals surface area contributed by atoms with Crippen LogP contribution in [0, 0.1) is 59.2 Å². The highest BCUT2D eigenvalue weighted by Gasteiger charge is 2.67. The topological polar surface area (TPSA) is 61.8 Å². The van der Waals surface area contributed by atoms with Crippen LogP contribution in [-0.2, 0) is 19.0 Å². The van der Waals surface area contributed by atoms with Crippen LogP contribution in [-0.4, -0.2) is 30.4 Å². The van der Waals surface area contributed by atoms with Crippen LogP contribution in [0.5, 0.6) is 0 Å². The lowest BCUT2D eigenvalue weighted by atomic mass is 9.61. The van der Waals surface area contributed by atoms with Gasteiger partial charge in [0.25, 0.3) is 0 Å². The minimum absolute atomic E-state index is 0.201. The van der Waals surface area contributed by atoms with Crippen molar-refractivity contribution in [3.63, 3.8) is 0 Å². The fraction of sp³-hybridized carbons (Fsp3) is 0.917. The van der Waals surface area contributed by atoms with Crippen LogP contribution in [0.15, 0.2) is 0 Å². The molecular weight excluding hydrogens is 368 g/mol. The Balaban J connectivity index is 1.38. The number of fused-ring (bicyclic) bond motifs is 9. The molecule has 5 rings (SSSR count). The molecule has 0 amide bonds. The first-order chi connectivity index (χ1) is 13.7. The predicted molar refractivity (Wildman–Crippen MR) is 107 cm³/mol. The molecular formula is C24H36O5. The van der Waals surface area contributed by atoms with Crippen molar-refractivity contribution < 1.29 is 23.8 Å². The molecule has 4 bridgehead atoms. The zero-order valence-corrected chi connectivity index (χ0v) is 18.4. The summed E-state index contributed by atoms with van der Waals surface area (Å²) >= 11 is 0. The fourth-order valence-corrected chi connectivity index (χ4v) is 8.32. The van der Waals surface area contributed by atoms with Gasteiger partial charge in [-0.3, -0.25) is 4.79 Å². The molecule has 11 atom stereocenters. The number of rotatable bonds is 3. The number of hydrogen-bond acceptors (Lipinski definition) is 5. The lowest BCUT2D eigenvalue weighted by Gasteiger charge is -2.45. The van der Waals surface area contributed by atoms with Crippen LogP contribution in [0.4, 0.5) is 4.79 Å². The molecule has 0 N–H and O–H groups in total. The maximum absolute atomic E-state index is 12.5. The van der Waals surface area contributed by atoms with E-state index in [0.29, 0.717) is 18.9 Å². The minimum Gasteiger partial charge on any atom is -0.465 e. The molecule has 0 aromatic heterocycles. The summed E-state index contributed by atoms with van der Waals surface area (Å²) in [4.78, 5) is 25.0. The van der Waals surface area contributed by atoms with E-state index in [9.17, 15) is 9.59 Å². The predicted octanol–water partition coefficient (Wildman–Crippen LogP) is 4.68. The molecule has 0 aromatic rings. The van der Waals surface area contributed by atoms with Gasteiger partial charge in [0, 0.05) is 5.92 Å². The Hall–Kier alpha value is -1.26. The Bertz CT molecular complexity index is 696. The fourth-order valence-electron chi connectivity index (χ4n) is 8.32. The second kappa shape index (κ2) is 6.62.